The number of nitrogens with zero attached hydrogens (tertiary/aromatic N) is 4. The highest BCUT2D eigenvalue weighted by atomic mass is 16.5. The average Bonchev–Trinajstić information content (AvgIpc) is 2.98. The molecule has 0 spiro atoms. The lowest BCUT2D eigenvalue weighted by atomic mass is 10.2. The molecule has 0 radical (unpaired) electrons. The number of hydrazine groups is 1. The van der Waals surface area contributed by atoms with Gasteiger partial charge in [-0.3, -0.25) is 4.98 Å². The second kappa shape index (κ2) is 4.83. The summed E-state index contributed by atoms with van der Waals surface area (Å²) in [5.41, 5.74) is 3.97. The Morgan fingerprint density at radius 1 is 1.11 bits per heavy atom. The lowest BCUT2D eigenvalue weighted by Gasteiger charge is -1.97. The maximum atomic E-state index is 5.25. The SMILES string of the molecule is NNc1ccc(-c2nc(-c3cccnc3)no2)cn1. The van der Waals surface area contributed by atoms with E-state index in [0.29, 0.717) is 17.5 Å². The van der Waals surface area contributed by atoms with Crippen LogP contribution in [0.4, 0.5) is 5.82 Å². The summed E-state index contributed by atoms with van der Waals surface area (Å²) < 4.78 is 5.20. The molecule has 7 nitrogen and oxygen atoms in total. The molecule has 7 heteroatoms. The van der Waals surface area contributed by atoms with Crippen molar-refractivity contribution in [2.75, 3.05) is 5.43 Å². The molecule has 0 aromatic carbocycles. The molecule has 0 aliphatic carbocycles. The topological polar surface area (TPSA) is 103 Å². The number of rotatable bonds is 3. The fourth-order valence-electron chi connectivity index (χ4n) is 1.56. The maximum absolute atomic E-state index is 5.25. The van der Waals surface area contributed by atoms with Gasteiger partial charge in [-0.2, -0.15) is 4.98 Å². The molecule has 0 aliphatic rings. The van der Waals surface area contributed by atoms with Crippen LogP contribution in [0.5, 0.6) is 0 Å². The number of nitrogen functional groups attached to an aromatic ring is 1. The van der Waals surface area contributed by atoms with E-state index in [0.717, 1.165) is 11.1 Å². The normalized spacial score (nSPS) is 10.4. The van der Waals surface area contributed by atoms with E-state index in [4.69, 9.17) is 10.4 Å². The van der Waals surface area contributed by atoms with E-state index in [2.05, 4.69) is 25.5 Å². The molecule has 0 amide bonds. The minimum absolute atomic E-state index is 0.398. The van der Waals surface area contributed by atoms with Gasteiger partial charge >= 0.3 is 0 Å². The first-order chi connectivity index (χ1) is 9.36. The number of anilines is 1. The van der Waals surface area contributed by atoms with Gasteiger partial charge in [-0.15, -0.1) is 0 Å². The van der Waals surface area contributed by atoms with Gasteiger partial charge in [-0.05, 0) is 24.3 Å². The van der Waals surface area contributed by atoms with Crippen LogP contribution in [0.25, 0.3) is 22.8 Å². The van der Waals surface area contributed by atoms with E-state index in [9.17, 15) is 0 Å². The van der Waals surface area contributed by atoms with Crippen LogP contribution in [0.2, 0.25) is 0 Å². The third-order valence-corrected chi connectivity index (χ3v) is 2.50. The van der Waals surface area contributed by atoms with Crippen LogP contribution < -0.4 is 11.3 Å². The average molecular weight is 254 g/mol. The molecule has 0 saturated heterocycles. The zero-order valence-electron chi connectivity index (χ0n) is 9.82. The van der Waals surface area contributed by atoms with Gasteiger partial charge in [0, 0.05) is 24.2 Å². The standard InChI is InChI=1S/C12H10N6O/c13-17-10-4-3-9(7-15-10)12-16-11(18-19-12)8-2-1-5-14-6-8/h1-7H,13H2,(H,15,17). The number of pyridine rings is 2. The summed E-state index contributed by atoms with van der Waals surface area (Å²) in [6.07, 6.45) is 4.97. The third kappa shape index (κ3) is 2.26. The number of hydrogen-bond donors (Lipinski definition) is 2. The van der Waals surface area contributed by atoms with Crippen molar-refractivity contribution in [3.8, 4) is 22.8 Å². The highest BCUT2D eigenvalue weighted by Crippen LogP contribution is 2.21. The molecular weight excluding hydrogens is 244 g/mol. The number of hydrogen-bond acceptors (Lipinski definition) is 7. The Hall–Kier alpha value is -2.80. The molecule has 0 unspecified atom stereocenters. The second-order valence-electron chi connectivity index (χ2n) is 3.74. The molecule has 3 aromatic heterocycles. The van der Waals surface area contributed by atoms with Crippen LogP contribution in [-0.2, 0) is 0 Å². The highest BCUT2D eigenvalue weighted by Gasteiger charge is 2.10. The summed E-state index contributed by atoms with van der Waals surface area (Å²) in [5, 5.41) is 3.91. The predicted octanol–water partition coefficient (Wildman–Crippen LogP) is 1.48. The highest BCUT2D eigenvalue weighted by molar-refractivity contribution is 5.59. The van der Waals surface area contributed by atoms with Gasteiger partial charge in [0.2, 0.25) is 5.82 Å². The summed E-state index contributed by atoms with van der Waals surface area (Å²) in [5.74, 6) is 6.70. The molecule has 3 N–H and O–H groups in total. The summed E-state index contributed by atoms with van der Waals surface area (Å²) >= 11 is 0. The summed E-state index contributed by atoms with van der Waals surface area (Å²) in [6.45, 7) is 0. The fraction of sp³-hybridized carbons (Fsp3) is 0. The van der Waals surface area contributed by atoms with E-state index in [1.807, 2.05) is 12.1 Å². The maximum Gasteiger partial charge on any atom is 0.259 e. The van der Waals surface area contributed by atoms with Crippen molar-refractivity contribution in [1.29, 1.82) is 0 Å². The Morgan fingerprint density at radius 2 is 2.05 bits per heavy atom. The Bertz CT molecular complexity index is 664. The van der Waals surface area contributed by atoms with Crippen LogP contribution >= 0.6 is 0 Å². The number of nitrogens with one attached hydrogen (secondary N) is 1. The predicted molar refractivity (Wildman–Crippen MR) is 68.6 cm³/mol. The fourth-order valence-corrected chi connectivity index (χ4v) is 1.56. The van der Waals surface area contributed by atoms with Crippen LogP contribution in [0.3, 0.4) is 0 Å². The number of nitrogens with two attached hydrogens (primary N) is 1. The van der Waals surface area contributed by atoms with Crippen molar-refractivity contribution < 1.29 is 4.52 Å². The molecule has 3 aromatic rings. The molecule has 0 fully saturated rings. The van der Waals surface area contributed by atoms with Gasteiger partial charge in [0.1, 0.15) is 5.82 Å². The quantitative estimate of drug-likeness (QED) is 0.539. The lowest BCUT2D eigenvalue weighted by molar-refractivity contribution is 0.432. The van der Waals surface area contributed by atoms with Gasteiger partial charge in [-0.25, -0.2) is 10.8 Å². The molecule has 0 aliphatic heterocycles. The minimum Gasteiger partial charge on any atom is -0.334 e. The van der Waals surface area contributed by atoms with Crippen molar-refractivity contribution in [2.45, 2.75) is 0 Å². The Labute approximate surface area is 108 Å². The van der Waals surface area contributed by atoms with Gasteiger partial charge < -0.3 is 9.95 Å². The first kappa shape index (κ1) is 11.3. The second-order valence-corrected chi connectivity index (χ2v) is 3.74. The van der Waals surface area contributed by atoms with Gasteiger partial charge in [0.25, 0.3) is 5.89 Å². The van der Waals surface area contributed by atoms with E-state index in [-0.39, 0.29) is 0 Å². The monoisotopic (exact) mass is 254 g/mol. The first-order valence-corrected chi connectivity index (χ1v) is 5.54. The third-order valence-electron chi connectivity index (χ3n) is 2.50. The molecule has 0 atom stereocenters. The smallest absolute Gasteiger partial charge is 0.259 e. The van der Waals surface area contributed by atoms with E-state index in [1.54, 1.807) is 30.7 Å². The first-order valence-electron chi connectivity index (χ1n) is 5.54. The lowest BCUT2D eigenvalue weighted by Crippen LogP contribution is -2.07. The Morgan fingerprint density at radius 3 is 2.74 bits per heavy atom. The van der Waals surface area contributed by atoms with Gasteiger partial charge in [0.05, 0.1) is 5.56 Å². The zero-order valence-corrected chi connectivity index (χ0v) is 9.82. The molecule has 94 valence electrons. The minimum atomic E-state index is 0.398. The van der Waals surface area contributed by atoms with Crippen LogP contribution in [0, 0.1) is 0 Å². The van der Waals surface area contributed by atoms with Crippen LogP contribution in [0.1, 0.15) is 0 Å². The molecule has 0 saturated carbocycles. The van der Waals surface area contributed by atoms with Gasteiger partial charge in [-0.1, -0.05) is 5.16 Å². The van der Waals surface area contributed by atoms with Gasteiger partial charge in [0.15, 0.2) is 0 Å². The van der Waals surface area contributed by atoms with E-state index < -0.39 is 0 Å². The molecular formula is C12H10N6O. The molecule has 19 heavy (non-hydrogen) atoms. The van der Waals surface area contributed by atoms with Crippen molar-refractivity contribution in [2.24, 2.45) is 5.84 Å². The summed E-state index contributed by atoms with van der Waals surface area (Å²) in [4.78, 5) is 12.4. The molecule has 0 bridgehead atoms. The van der Waals surface area contributed by atoms with Crippen molar-refractivity contribution in [3.63, 3.8) is 0 Å². The van der Waals surface area contributed by atoms with Crippen molar-refractivity contribution >= 4 is 5.82 Å². The zero-order chi connectivity index (χ0) is 13.1. The van der Waals surface area contributed by atoms with Crippen molar-refractivity contribution in [1.82, 2.24) is 20.1 Å². The van der Waals surface area contributed by atoms with Crippen LogP contribution in [-0.4, -0.2) is 20.1 Å². The Balaban J connectivity index is 1.92. The summed E-state index contributed by atoms with van der Waals surface area (Å²) in [7, 11) is 0. The number of aromatic nitrogens is 4. The molecule has 3 rings (SSSR count). The Kier molecular flexibility index (Phi) is 2.87. The van der Waals surface area contributed by atoms with E-state index in [1.165, 1.54) is 0 Å². The summed E-state index contributed by atoms with van der Waals surface area (Å²) in [6, 6.07) is 7.20. The van der Waals surface area contributed by atoms with E-state index >= 15 is 0 Å². The molecule has 3 heterocycles. The van der Waals surface area contributed by atoms with Crippen molar-refractivity contribution in [3.05, 3.63) is 42.9 Å². The largest absolute Gasteiger partial charge is 0.334 e. The van der Waals surface area contributed by atoms with Crippen LogP contribution in [0.15, 0.2) is 47.4 Å².